The summed E-state index contributed by atoms with van der Waals surface area (Å²) in [4.78, 5) is 26.0. The summed E-state index contributed by atoms with van der Waals surface area (Å²) >= 11 is 0. The van der Waals surface area contributed by atoms with Crippen LogP contribution in [0.25, 0.3) is 5.69 Å². The molecule has 1 aromatic carbocycles. The molecular formula is C17H15N3O2. The molecule has 8 unspecified atom stereocenters. The molecule has 22 heavy (non-hydrogen) atoms. The maximum Gasteiger partial charge on any atom is 0.352 e. The number of benzene rings is 1. The Morgan fingerprint density at radius 3 is 2.32 bits per heavy atom. The lowest BCUT2D eigenvalue weighted by atomic mass is 9.80. The van der Waals surface area contributed by atoms with Crippen molar-refractivity contribution in [1.29, 1.82) is 0 Å². The first-order valence-corrected chi connectivity index (χ1v) is 8.19. The zero-order valence-electron chi connectivity index (χ0n) is 12.1. The van der Waals surface area contributed by atoms with Crippen LogP contribution in [0.2, 0.25) is 0 Å². The second kappa shape index (κ2) is 2.66. The van der Waals surface area contributed by atoms with Gasteiger partial charge < -0.3 is 0 Å². The fraction of sp³-hybridized carbons (Fsp3) is 0.529. The van der Waals surface area contributed by atoms with E-state index in [0.29, 0.717) is 34.9 Å². The predicted octanol–water partition coefficient (Wildman–Crippen LogP) is 1.04. The molecule has 8 rings (SSSR count). The fourth-order valence-electron chi connectivity index (χ4n) is 7.16. The van der Waals surface area contributed by atoms with Crippen LogP contribution in [-0.4, -0.2) is 13.9 Å². The quantitative estimate of drug-likeness (QED) is 0.789. The van der Waals surface area contributed by atoms with Gasteiger partial charge in [-0.2, -0.15) is 0 Å². The number of aromatic nitrogens is 3. The van der Waals surface area contributed by atoms with Gasteiger partial charge in [-0.25, -0.2) is 23.5 Å². The van der Waals surface area contributed by atoms with Crippen molar-refractivity contribution in [2.24, 2.45) is 35.0 Å². The van der Waals surface area contributed by atoms with Crippen molar-refractivity contribution in [3.63, 3.8) is 0 Å². The Labute approximate surface area is 125 Å². The van der Waals surface area contributed by atoms with Crippen LogP contribution in [0.4, 0.5) is 0 Å². The third-order valence-corrected chi connectivity index (χ3v) is 7.65. The first-order valence-electron chi connectivity index (χ1n) is 8.19. The molecular weight excluding hydrogens is 278 g/mol. The van der Waals surface area contributed by atoms with Gasteiger partial charge in [-0.3, -0.25) is 0 Å². The molecule has 0 N–H and O–H groups in total. The van der Waals surface area contributed by atoms with E-state index in [2.05, 4.69) is 6.92 Å². The van der Waals surface area contributed by atoms with E-state index < -0.39 is 0 Å². The van der Waals surface area contributed by atoms with E-state index in [0.717, 1.165) is 11.8 Å². The highest BCUT2D eigenvalue weighted by molar-refractivity contribution is 5.42. The normalized spacial score (nSPS) is 50.1. The third kappa shape index (κ3) is 0.733. The number of para-hydroxylation sites is 1. The summed E-state index contributed by atoms with van der Waals surface area (Å²) in [5, 5.41) is 0. The average molecular weight is 293 g/mol. The second-order valence-electron chi connectivity index (χ2n) is 8.01. The van der Waals surface area contributed by atoms with Crippen LogP contribution in [0, 0.1) is 35.0 Å². The van der Waals surface area contributed by atoms with Crippen LogP contribution in [0.3, 0.4) is 0 Å². The van der Waals surface area contributed by atoms with E-state index in [1.54, 1.807) is 0 Å². The summed E-state index contributed by atoms with van der Waals surface area (Å²) in [6.45, 7) is 2.35. The molecule has 1 aromatic heterocycles. The van der Waals surface area contributed by atoms with Crippen LogP contribution in [0.15, 0.2) is 39.9 Å². The van der Waals surface area contributed by atoms with Crippen LogP contribution in [-0.2, 0) is 0 Å². The Balaban J connectivity index is 1.59. The van der Waals surface area contributed by atoms with E-state index in [4.69, 9.17) is 0 Å². The standard InChI is InChI=1S/C17H15N3O2/c1-17-11-8-9-10(8)14(17)20-16(22)18(7-5-3-2-4-6-7)15(21)19(20)13(9)12(11)17/h2-6,8-14H,1H3. The molecule has 2 aromatic rings. The third-order valence-electron chi connectivity index (χ3n) is 7.65. The molecule has 4 saturated carbocycles. The van der Waals surface area contributed by atoms with Crippen LogP contribution < -0.4 is 11.4 Å². The summed E-state index contributed by atoms with van der Waals surface area (Å²) in [7, 11) is 0. The van der Waals surface area contributed by atoms with Gasteiger partial charge in [0.2, 0.25) is 0 Å². The summed E-state index contributed by atoms with van der Waals surface area (Å²) in [5.74, 6) is 3.61. The molecule has 8 atom stereocenters. The minimum Gasteiger partial charge on any atom is -0.245 e. The van der Waals surface area contributed by atoms with Crippen LogP contribution >= 0.6 is 0 Å². The van der Waals surface area contributed by atoms with E-state index in [1.165, 1.54) is 4.57 Å². The van der Waals surface area contributed by atoms with E-state index in [1.807, 2.05) is 39.7 Å². The van der Waals surface area contributed by atoms with Gasteiger partial charge in [0.25, 0.3) is 0 Å². The molecule has 0 amide bonds. The maximum absolute atomic E-state index is 13.0. The molecule has 4 fully saturated rings. The molecule has 6 aliphatic rings. The zero-order chi connectivity index (χ0) is 14.5. The Bertz CT molecular complexity index is 999. The molecule has 0 radical (unpaired) electrons. The number of hydrogen-bond donors (Lipinski definition) is 0. The molecule has 0 saturated heterocycles. The number of nitrogens with zero attached hydrogens (tertiary/aromatic N) is 3. The monoisotopic (exact) mass is 293 g/mol. The first-order chi connectivity index (χ1) is 10.7. The highest BCUT2D eigenvalue weighted by Crippen LogP contribution is 2.96. The first kappa shape index (κ1) is 10.6. The van der Waals surface area contributed by atoms with Crippen LogP contribution in [0.1, 0.15) is 19.0 Å². The molecule has 3 heterocycles. The van der Waals surface area contributed by atoms with E-state index >= 15 is 0 Å². The van der Waals surface area contributed by atoms with Crippen molar-refractivity contribution in [2.75, 3.05) is 0 Å². The largest absolute Gasteiger partial charge is 0.352 e. The van der Waals surface area contributed by atoms with Crippen molar-refractivity contribution in [1.82, 2.24) is 13.9 Å². The van der Waals surface area contributed by atoms with Gasteiger partial charge in [0.1, 0.15) is 0 Å². The Hall–Kier alpha value is -2.04. The summed E-state index contributed by atoms with van der Waals surface area (Å²) < 4.78 is 5.04. The summed E-state index contributed by atoms with van der Waals surface area (Å²) in [6.07, 6.45) is 0. The molecule has 0 spiro atoms. The highest BCUT2D eigenvalue weighted by atomic mass is 16.2. The molecule has 4 aliphatic carbocycles. The van der Waals surface area contributed by atoms with Gasteiger partial charge in [0, 0.05) is 0 Å². The fourth-order valence-corrected chi connectivity index (χ4v) is 7.16. The lowest BCUT2D eigenvalue weighted by Crippen LogP contribution is -2.48. The summed E-state index contributed by atoms with van der Waals surface area (Å²) in [5.41, 5.74) is 0.715. The van der Waals surface area contributed by atoms with Gasteiger partial charge in [-0.15, -0.1) is 0 Å². The van der Waals surface area contributed by atoms with Crippen LogP contribution in [0.5, 0.6) is 0 Å². The number of hydrogen-bond acceptors (Lipinski definition) is 2. The van der Waals surface area contributed by atoms with E-state index in [9.17, 15) is 9.59 Å². The lowest BCUT2D eigenvalue weighted by molar-refractivity contribution is 0.0636. The minimum absolute atomic E-state index is 0.134. The van der Waals surface area contributed by atoms with Gasteiger partial charge in [-0.05, 0) is 47.1 Å². The van der Waals surface area contributed by atoms with Crippen molar-refractivity contribution >= 4 is 0 Å². The molecule has 5 heteroatoms. The smallest absolute Gasteiger partial charge is 0.245 e. The second-order valence-corrected chi connectivity index (χ2v) is 8.01. The minimum atomic E-state index is -0.137. The Morgan fingerprint density at radius 2 is 1.64 bits per heavy atom. The molecule has 2 bridgehead atoms. The average Bonchev–Trinajstić information content (AvgIpc) is 3.26. The van der Waals surface area contributed by atoms with Crippen molar-refractivity contribution in [3.8, 4) is 5.69 Å². The predicted molar refractivity (Wildman–Crippen MR) is 77.9 cm³/mol. The van der Waals surface area contributed by atoms with Gasteiger partial charge in [-0.1, -0.05) is 25.1 Å². The van der Waals surface area contributed by atoms with Crippen molar-refractivity contribution in [3.05, 3.63) is 51.3 Å². The van der Waals surface area contributed by atoms with Gasteiger partial charge in [0.05, 0.1) is 17.8 Å². The van der Waals surface area contributed by atoms with Gasteiger partial charge in [0.15, 0.2) is 0 Å². The highest BCUT2D eigenvalue weighted by Gasteiger charge is 2.95. The zero-order valence-corrected chi connectivity index (χ0v) is 12.1. The Kier molecular flexibility index (Phi) is 1.29. The van der Waals surface area contributed by atoms with Crippen molar-refractivity contribution in [2.45, 2.75) is 19.0 Å². The maximum atomic E-state index is 13.0. The van der Waals surface area contributed by atoms with E-state index in [-0.39, 0.29) is 17.4 Å². The van der Waals surface area contributed by atoms with Crippen molar-refractivity contribution < 1.29 is 0 Å². The summed E-state index contributed by atoms with van der Waals surface area (Å²) in [6, 6.07) is 9.89. The van der Waals surface area contributed by atoms with Gasteiger partial charge >= 0.3 is 11.4 Å². The molecule has 110 valence electrons. The number of rotatable bonds is 1. The topological polar surface area (TPSA) is 48.9 Å². The lowest BCUT2D eigenvalue weighted by Gasteiger charge is -2.41. The SMILES string of the molecule is CC12C3C4C5C4C1n1c(=O)n(-c4ccccc4)c(=O)n1C5C32. The Morgan fingerprint density at radius 1 is 0.909 bits per heavy atom. The molecule has 2 aliphatic heterocycles. The molecule has 5 nitrogen and oxygen atoms in total.